The van der Waals surface area contributed by atoms with Crippen molar-refractivity contribution in [2.45, 2.75) is 26.3 Å². The molecule has 0 aliphatic rings. The molecule has 25 heavy (non-hydrogen) atoms. The molecule has 0 aliphatic heterocycles. The first kappa shape index (κ1) is 19.5. The SMILES string of the molecule is CC(C)n1cc(NC(=O)CCSCC(=O)Nc2ccc(Br)cc2)cn1. The monoisotopic (exact) mass is 424 g/mol. The maximum absolute atomic E-state index is 11.9. The molecule has 0 atom stereocenters. The van der Waals surface area contributed by atoms with Gasteiger partial charge in [-0.2, -0.15) is 16.9 Å². The topological polar surface area (TPSA) is 76.0 Å². The van der Waals surface area contributed by atoms with Crippen molar-refractivity contribution in [2.24, 2.45) is 0 Å². The molecule has 0 bridgehead atoms. The van der Waals surface area contributed by atoms with E-state index in [0.717, 1.165) is 10.2 Å². The normalized spacial score (nSPS) is 10.7. The molecule has 1 aromatic carbocycles. The first-order chi connectivity index (χ1) is 11.9. The maximum atomic E-state index is 11.9. The van der Waals surface area contributed by atoms with E-state index in [2.05, 4.69) is 31.7 Å². The van der Waals surface area contributed by atoms with Crippen LogP contribution in [-0.2, 0) is 9.59 Å². The second-order valence-electron chi connectivity index (χ2n) is 5.71. The highest BCUT2D eigenvalue weighted by atomic mass is 79.9. The number of benzene rings is 1. The van der Waals surface area contributed by atoms with Gasteiger partial charge >= 0.3 is 0 Å². The Morgan fingerprint density at radius 1 is 1.16 bits per heavy atom. The Hall–Kier alpha value is -1.80. The number of carbonyl (C=O) groups is 2. The zero-order valence-electron chi connectivity index (χ0n) is 14.2. The summed E-state index contributed by atoms with van der Waals surface area (Å²) in [6.45, 7) is 4.04. The fourth-order valence-corrected chi connectivity index (χ4v) is 2.96. The van der Waals surface area contributed by atoms with Crippen LogP contribution in [0.25, 0.3) is 0 Å². The van der Waals surface area contributed by atoms with Crippen molar-refractivity contribution in [1.29, 1.82) is 0 Å². The number of hydrogen-bond donors (Lipinski definition) is 2. The first-order valence-corrected chi connectivity index (χ1v) is 9.86. The van der Waals surface area contributed by atoms with E-state index in [1.54, 1.807) is 17.1 Å². The summed E-state index contributed by atoms with van der Waals surface area (Å²) in [5.74, 6) is 0.738. The number of aromatic nitrogens is 2. The van der Waals surface area contributed by atoms with E-state index in [4.69, 9.17) is 0 Å². The van der Waals surface area contributed by atoms with Gasteiger partial charge in [-0.25, -0.2) is 0 Å². The third-order valence-corrected chi connectivity index (χ3v) is 4.74. The minimum Gasteiger partial charge on any atom is -0.325 e. The van der Waals surface area contributed by atoms with Crippen LogP contribution >= 0.6 is 27.7 Å². The Labute approximate surface area is 159 Å². The summed E-state index contributed by atoms with van der Waals surface area (Å²) in [5, 5.41) is 9.80. The Morgan fingerprint density at radius 3 is 2.48 bits per heavy atom. The molecule has 0 radical (unpaired) electrons. The second kappa shape index (κ2) is 9.62. The van der Waals surface area contributed by atoms with Crippen molar-refractivity contribution in [3.8, 4) is 0 Å². The van der Waals surface area contributed by atoms with Gasteiger partial charge in [0, 0.05) is 34.6 Å². The summed E-state index contributed by atoms with van der Waals surface area (Å²) in [4.78, 5) is 23.7. The molecule has 134 valence electrons. The standard InChI is InChI=1S/C17H21BrN4O2S/c1-12(2)22-10-15(9-19-22)21-16(23)7-8-25-11-17(24)20-14-5-3-13(18)4-6-14/h3-6,9-10,12H,7-8,11H2,1-2H3,(H,20,24)(H,21,23). The molecule has 0 unspecified atom stereocenters. The number of nitrogens with one attached hydrogen (secondary N) is 2. The average Bonchev–Trinajstić information content (AvgIpc) is 3.02. The molecular formula is C17H21BrN4O2S. The van der Waals surface area contributed by atoms with E-state index in [9.17, 15) is 9.59 Å². The summed E-state index contributed by atoms with van der Waals surface area (Å²) in [7, 11) is 0. The summed E-state index contributed by atoms with van der Waals surface area (Å²) >= 11 is 4.78. The summed E-state index contributed by atoms with van der Waals surface area (Å²) in [6, 6.07) is 7.66. The van der Waals surface area contributed by atoms with Gasteiger partial charge < -0.3 is 10.6 Å². The quantitative estimate of drug-likeness (QED) is 0.629. The maximum Gasteiger partial charge on any atom is 0.234 e. The largest absolute Gasteiger partial charge is 0.325 e. The lowest BCUT2D eigenvalue weighted by molar-refractivity contribution is -0.116. The van der Waals surface area contributed by atoms with Crippen molar-refractivity contribution in [1.82, 2.24) is 9.78 Å². The number of halogens is 1. The van der Waals surface area contributed by atoms with E-state index in [0.29, 0.717) is 23.6 Å². The van der Waals surface area contributed by atoms with Gasteiger partial charge in [-0.15, -0.1) is 0 Å². The summed E-state index contributed by atoms with van der Waals surface area (Å²) in [5.41, 5.74) is 1.45. The van der Waals surface area contributed by atoms with Crippen molar-refractivity contribution in [3.05, 3.63) is 41.1 Å². The van der Waals surface area contributed by atoms with Crippen molar-refractivity contribution >= 4 is 50.9 Å². The molecule has 8 heteroatoms. The molecule has 2 amide bonds. The molecule has 0 aliphatic carbocycles. The van der Waals surface area contributed by atoms with E-state index in [1.165, 1.54) is 11.8 Å². The van der Waals surface area contributed by atoms with Crippen LogP contribution < -0.4 is 10.6 Å². The Bertz CT molecular complexity index is 716. The third-order valence-electron chi connectivity index (χ3n) is 3.25. The summed E-state index contributed by atoms with van der Waals surface area (Å²) in [6.07, 6.45) is 3.79. The molecular weight excluding hydrogens is 404 g/mol. The number of hydrogen-bond acceptors (Lipinski definition) is 4. The van der Waals surface area contributed by atoms with Gasteiger partial charge in [0.05, 0.1) is 17.6 Å². The third kappa shape index (κ3) is 6.91. The molecule has 0 fully saturated rings. The van der Waals surface area contributed by atoms with Gasteiger partial charge in [0.1, 0.15) is 0 Å². The minimum absolute atomic E-state index is 0.0778. The predicted molar refractivity (Wildman–Crippen MR) is 106 cm³/mol. The van der Waals surface area contributed by atoms with Crippen LogP contribution in [0.5, 0.6) is 0 Å². The van der Waals surface area contributed by atoms with E-state index < -0.39 is 0 Å². The number of carbonyl (C=O) groups excluding carboxylic acids is 2. The van der Waals surface area contributed by atoms with Gasteiger partial charge in [-0.3, -0.25) is 14.3 Å². The van der Waals surface area contributed by atoms with Gasteiger partial charge in [0.25, 0.3) is 0 Å². The Morgan fingerprint density at radius 2 is 1.84 bits per heavy atom. The second-order valence-corrected chi connectivity index (χ2v) is 7.73. The van der Waals surface area contributed by atoms with Gasteiger partial charge in [-0.05, 0) is 38.1 Å². The highest BCUT2D eigenvalue weighted by Crippen LogP contribution is 2.15. The minimum atomic E-state index is -0.0795. The number of thioether (sulfide) groups is 1. The molecule has 1 aromatic heterocycles. The molecule has 6 nitrogen and oxygen atoms in total. The highest BCUT2D eigenvalue weighted by molar-refractivity contribution is 9.10. The van der Waals surface area contributed by atoms with Crippen LogP contribution in [0.3, 0.4) is 0 Å². The fraction of sp³-hybridized carbons (Fsp3) is 0.353. The molecule has 2 rings (SSSR count). The number of nitrogens with zero attached hydrogens (tertiary/aromatic N) is 2. The number of rotatable bonds is 8. The molecule has 2 aromatic rings. The lowest BCUT2D eigenvalue weighted by Gasteiger charge is -2.06. The van der Waals surface area contributed by atoms with Crippen molar-refractivity contribution < 1.29 is 9.59 Å². The van der Waals surface area contributed by atoms with Crippen LogP contribution in [-0.4, -0.2) is 33.1 Å². The lowest BCUT2D eigenvalue weighted by Crippen LogP contribution is -2.16. The highest BCUT2D eigenvalue weighted by Gasteiger charge is 2.07. The van der Waals surface area contributed by atoms with Crippen LogP contribution in [0.15, 0.2) is 41.1 Å². The van der Waals surface area contributed by atoms with Crippen LogP contribution in [0, 0.1) is 0 Å². The van der Waals surface area contributed by atoms with Crippen LogP contribution in [0.1, 0.15) is 26.3 Å². The van der Waals surface area contributed by atoms with Crippen LogP contribution in [0.2, 0.25) is 0 Å². The molecule has 0 spiro atoms. The van der Waals surface area contributed by atoms with E-state index in [1.807, 2.05) is 38.1 Å². The molecule has 0 saturated carbocycles. The van der Waals surface area contributed by atoms with E-state index in [-0.39, 0.29) is 17.9 Å². The average molecular weight is 425 g/mol. The van der Waals surface area contributed by atoms with Gasteiger partial charge in [-0.1, -0.05) is 15.9 Å². The number of amides is 2. The van der Waals surface area contributed by atoms with Gasteiger partial charge in [0.15, 0.2) is 0 Å². The molecule has 1 heterocycles. The zero-order chi connectivity index (χ0) is 18.2. The number of anilines is 2. The van der Waals surface area contributed by atoms with Gasteiger partial charge in [0.2, 0.25) is 11.8 Å². The van der Waals surface area contributed by atoms with E-state index >= 15 is 0 Å². The van der Waals surface area contributed by atoms with Crippen molar-refractivity contribution in [2.75, 3.05) is 22.1 Å². The van der Waals surface area contributed by atoms with Crippen molar-refractivity contribution in [3.63, 3.8) is 0 Å². The smallest absolute Gasteiger partial charge is 0.234 e. The molecule has 2 N–H and O–H groups in total. The summed E-state index contributed by atoms with van der Waals surface area (Å²) < 4.78 is 2.75. The Balaban J connectivity index is 1.63. The lowest BCUT2D eigenvalue weighted by atomic mass is 10.3. The fourth-order valence-electron chi connectivity index (χ4n) is 1.97. The first-order valence-electron chi connectivity index (χ1n) is 7.91. The molecule has 0 saturated heterocycles. The zero-order valence-corrected chi connectivity index (χ0v) is 16.6. The van der Waals surface area contributed by atoms with Crippen LogP contribution in [0.4, 0.5) is 11.4 Å². The predicted octanol–water partition coefficient (Wildman–Crippen LogP) is 3.93. The Kier molecular flexibility index (Phi) is 7.52.